The molecule has 0 amide bonds. The Morgan fingerprint density at radius 3 is 2.23 bits per heavy atom. The maximum Gasteiger partial charge on any atom is 0.159 e. The molecular weight excluding hydrogens is 278 g/mol. The van der Waals surface area contributed by atoms with E-state index in [0.717, 1.165) is 31.2 Å². The molecule has 0 unspecified atom stereocenters. The molecule has 0 aliphatic heterocycles. The fourth-order valence-corrected chi connectivity index (χ4v) is 2.37. The van der Waals surface area contributed by atoms with Crippen LogP contribution in [0.4, 0.5) is 8.78 Å². The SMILES string of the molecule is CCCC=Cc1ccc(CCCc2ccc(F)c(F)c2)cc1. The first-order valence-corrected chi connectivity index (χ1v) is 7.88. The van der Waals surface area contributed by atoms with Crippen LogP contribution in [-0.4, -0.2) is 0 Å². The van der Waals surface area contributed by atoms with Crippen molar-refractivity contribution < 1.29 is 8.78 Å². The zero-order valence-electron chi connectivity index (χ0n) is 13.0. The Bertz CT molecular complexity index is 612. The smallest absolute Gasteiger partial charge is 0.159 e. The van der Waals surface area contributed by atoms with Crippen molar-refractivity contribution in [1.82, 2.24) is 0 Å². The molecule has 2 aromatic rings. The van der Waals surface area contributed by atoms with Gasteiger partial charge in [-0.1, -0.05) is 55.8 Å². The van der Waals surface area contributed by atoms with Gasteiger partial charge in [0.1, 0.15) is 0 Å². The lowest BCUT2D eigenvalue weighted by molar-refractivity contribution is 0.507. The van der Waals surface area contributed by atoms with Gasteiger partial charge in [-0.2, -0.15) is 0 Å². The molecular formula is C20H22F2. The molecule has 22 heavy (non-hydrogen) atoms. The highest BCUT2D eigenvalue weighted by atomic mass is 19.2. The third-order valence-electron chi connectivity index (χ3n) is 3.66. The van der Waals surface area contributed by atoms with Crippen LogP contribution in [-0.2, 0) is 12.8 Å². The van der Waals surface area contributed by atoms with Crippen LogP contribution in [0.3, 0.4) is 0 Å². The minimum absolute atomic E-state index is 0.759. The molecule has 0 heterocycles. The molecule has 2 heteroatoms. The van der Waals surface area contributed by atoms with E-state index in [1.165, 1.54) is 29.7 Å². The zero-order valence-corrected chi connectivity index (χ0v) is 13.0. The van der Waals surface area contributed by atoms with E-state index >= 15 is 0 Å². The summed E-state index contributed by atoms with van der Waals surface area (Å²) in [4.78, 5) is 0. The van der Waals surface area contributed by atoms with Crippen LogP contribution < -0.4 is 0 Å². The molecule has 0 spiro atoms. The highest BCUT2D eigenvalue weighted by Gasteiger charge is 2.02. The molecule has 116 valence electrons. The van der Waals surface area contributed by atoms with Gasteiger partial charge in [0.15, 0.2) is 11.6 Å². The van der Waals surface area contributed by atoms with Gasteiger partial charge in [0, 0.05) is 0 Å². The maximum atomic E-state index is 13.1. The zero-order chi connectivity index (χ0) is 15.8. The predicted octanol–water partition coefficient (Wildman–Crippen LogP) is 5.95. The summed E-state index contributed by atoms with van der Waals surface area (Å²) in [6, 6.07) is 12.7. The molecule has 0 nitrogen and oxygen atoms in total. The van der Waals surface area contributed by atoms with Crippen LogP contribution in [0.5, 0.6) is 0 Å². The minimum atomic E-state index is -0.782. The lowest BCUT2D eigenvalue weighted by Crippen LogP contribution is -1.92. The fraction of sp³-hybridized carbons (Fsp3) is 0.300. The lowest BCUT2D eigenvalue weighted by Gasteiger charge is -2.04. The first kappa shape index (κ1) is 16.4. The Hall–Kier alpha value is -1.96. The van der Waals surface area contributed by atoms with Gasteiger partial charge in [-0.05, 0) is 54.5 Å². The van der Waals surface area contributed by atoms with Gasteiger partial charge in [-0.25, -0.2) is 8.78 Å². The third kappa shape index (κ3) is 5.10. The molecule has 0 N–H and O–H groups in total. The molecule has 0 aromatic heterocycles. The molecule has 0 fully saturated rings. The molecule has 2 rings (SSSR count). The Kier molecular flexibility index (Phi) is 6.32. The van der Waals surface area contributed by atoms with E-state index in [1.807, 2.05) is 0 Å². The second kappa shape index (κ2) is 8.47. The van der Waals surface area contributed by atoms with Gasteiger partial charge in [-0.15, -0.1) is 0 Å². The predicted molar refractivity (Wildman–Crippen MR) is 88.8 cm³/mol. The third-order valence-corrected chi connectivity index (χ3v) is 3.66. The highest BCUT2D eigenvalue weighted by molar-refractivity contribution is 5.49. The van der Waals surface area contributed by atoms with Gasteiger partial charge in [0.05, 0.1) is 0 Å². The molecule has 0 bridgehead atoms. The van der Waals surface area contributed by atoms with Crippen molar-refractivity contribution in [2.75, 3.05) is 0 Å². The average molecular weight is 300 g/mol. The summed E-state index contributed by atoms with van der Waals surface area (Å²) >= 11 is 0. The monoisotopic (exact) mass is 300 g/mol. The van der Waals surface area contributed by atoms with Crippen molar-refractivity contribution in [2.45, 2.75) is 39.0 Å². The molecule has 0 saturated carbocycles. The lowest BCUT2D eigenvalue weighted by atomic mass is 10.0. The fourth-order valence-electron chi connectivity index (χ4n) is 2.37. The average Bonchev–Trinajstić information content (AvgIpc) is 2.53. The highest BCUT2D eigenvalue weighted by Crippen LogP contribution is 2.13. The maximum absolute atomic E-state index is 13.1. The van der Waals surface area contributed by atoms with Crippen molar-refractivity contribution in [3.8, 4) is 0 Å². The Labute approximate surface area is 131 Å². The first-order chi connectivity index (χ1) is 10.7. The normalized spacial score (nSPS) is 11.2. The summed E-state index contributed by atoms with van der Waals surface area (Å²) in [5.41, 5.74) is 3.34. The number of hydrogen-bond donors (Lipinski definition) is 0. The minimum Gasteiger partial charge on any atom is -0.204 e. The standard InChI is InChI=1S/C20H22F2/c1-2-3-4-6-16-9-11-17(12-10-16)7-5-8-18-13-14-19(21)20(22)15-18/h4,6,9-15H,2-3,5,7-8H2,1H3. The van der Waals surface area contributed by atoms with E-state index in [1.54, 1.807) is 6.07 Å². The van der Waals surface area contributed by atoms with Gasteiger partial charge < -0.3 is 0 Å². The largest absolute Gasteiger partial charge is 0.204 e. The number of benzene rings is 2. The molecule has 0 saturated heterocycles. The number of halogens is 2. The summed E-state index contributed by atoms with van der Waals surface area (Å²) in [5.74, 6) is -1.55. The molecule has 0 aliphatic rings. The number of allylic oxidation sites excluding steroid dienone is 1. The summed E-state index contributed by atoms with van der Waals surface area (Å²) in [6.07, 6.45) is 9.24. The first-order valence-electron chi connectivity index (χ1n) is 7.88. The van der Waals surface area contributed by atoms with Crippen molar-refractivity contribution in [3.63, 3.8) is 0 Å². The summed E-state index contributed by atoms with van der Waals surface area (Å²) in [6.45, 7) is 2.17. The van der Waals surface area contributed by atoms with Crippen molar-refractivity contribution in [2.24, 2.45) is 0 Å². The van der Waals surface area contributed by atoms with Crippen LogP contribution in [0.15, 0.2) is 48.5 Å². The molecule has 0 aliphatic carbocycles. The van der Waals surface area contributed by atoms with Gasteiger partial charge in [0.2, 0.25) is 0 Å². The van der Waals surface area contributed by atoms with Crippen molar-refractivity contribution in [1.29, 1.82) is 0 Å². The summed E-state index contributed by atoms with van der Waals surface area (Å²) in [7, 11) is 0. The van der Waals surface area contributed by atoms with E-state index in [0.29, 0.717) is 0 Å². The van der Waals surface area contributed by atoms with E-state index in [4.69, 9.17) is 0 Å². The van der Waals surface area contributed by atoms with Gasteiger partial charge >= 0.3 is 0 Å². The van der Waals surface area contributed by atoms with E-state index in [9.17, 15) is 8.78 Å². The van der Waals surface area contributed by atoms with Crippen LogP contribution in [0.2, 0.25) is 0 Å². The van der Waals surface area contributed by atoms with E-state index < -0.39 is 11.6 Å². The van der Waals surface area contributed by atoms with E-state index in [2.05, 4.69) is 43.3 Å². The van der Waals surface area contributed by atoms with Crippen LogP contribution >= 0.6 is 0 Å². The number of unbranched alkanes of at least 4 members (excludes halogenated alkanes) is 1. The van der Waals surface area contributed by atoms with Gasteiger partial charge in [0.25, 0.3) is 0 Å². The molecule has 0 radical (unpaired) electrons. The van der Waals surface area contributed by atoms with Gasteiger partial charge in [-0.3, -0.25) is 0 Å². The molecule has 0 atom stereocenters. The second-order valence-corrected chi connectivity index (χ2v) is 5.53. The Balaban J connectivity index is 1.82. The summed E-state index contributed by atoms with van der Waals surface area (Å²) < 4.78 is 26.0. The molecule has 2 aromatic carbocycles. The second-order valence-electron chi connectivity index (χ2n) is 5.53. The van der Waals surface area contributed by atoms with Crippen molar-refractivity contribution >= 4 is 6.08 Å². The number of hydrogen-bond acceptors (Lipinski definition) is 0. The topological polar surface area (TPSA) is 0 Å². The Morgan fingerprint density at radius 1 is 0.864 bits per heavy atom. The quantitative estimate of drug-likeness (QED) is 0.592. The van der Waals surface area contributed by atoms with Crippen LogP contribution in [0.25, 0.3) is 6.08 Å². The van der Waals surface area contributed by atoms with Crippen LogP contribution in [0, 0.1) is 11.6 Å². The Morgan fingerprint density at radius 2 is 1.55 bits per heavy atom. The van der Waals surface area contributed by atoms with E-state index in [-0.39, 0.29) is 0 Å². The van der Waals surface area contributed by atoms with Crippen LogP contribution in [0.1, 0.15) is 42.9 Å². The van der Waals surface area contributed by atoms with Crippen molar-refractivity contribution in [3.05, 3.63) is 76.9 Å². The summed E-state index contributed by atoms with van der Waals surface area (Å²) in [5, 5.41) is 0. The number of aryl methyl sites for hydroxylation is 2. The number of rotatable bonds is 7.